The third-order valence-corrected chi connectivity index (χ3v) is 4.01. The molecular formula is C15H19ClFN3. The predicted octanol–water partition coefficient (Wildman–Crippen LogP) is 2.90. The first-order chi connectivity index (χ1) is 9.52. The Kier molecular flexibility index (Phi) is 4.78. The van der Waals surface area contributed by atoms with Gasteiger partial charge in [-0.3, -0.25) is 5.01 Å². The molecular weight excluding hydrogens is 277 g/mol. The van der Waals surface area contributed by atoms with Gasteiger partial charge in [-0.25, -0.2) is 4.39 Å². The van der Waals surface area contributed by atoms with Crippen molar-refractivity contribution < 1.29 is 4.39 Å². The molecule has 1 aromatic carbocycles. The second kappa shape index (κ2) is 6.37. The molecule has 0 radical (unpaired) electrons. The minimum Gasteiger partial charge on any atom is -0.303 e. The van der Waals surface area contributed by atoms with E-state index in [1.165, 1.54) is 6.07 Å². The summed E-state index contributed by atoms with van der Waals surface area (Å²) < 4.78 is 13.4. The smallest absolute Gasteiger partial charge is 0.126 e. The summed E-state index contributed by atoms with van der Waals surface area (Å²) in [5.41, 5.74) is 2.53. The van der Waals surface area contributed by atoms with Crippen LogP contribution in [0.5, 0.6) is 0 Å². The molecule has 3 nitrogen and oxygen atoms in total. The summed E-state index contributed by atoms with van der Waals surface area (Å²) in [7, 11) is 1.82. The zero-order chi connectivity index (χ0) is 14.7. The van der Waals surface area contributed by atoms with Crippen molar-refractivity contribution in [1.29, 1.82) is 0 Å². The number of hydrazone groups is 1. The molecule has 108 valence electrons. The van der Waals surface area contributed by atoms with Gasteiger partial charge in [-0.2, -0.15) is 5.10 Å². The Balaban J connectivity index is 2.02. The fraction of sp³-hybridized carbons (Fsp3) is 0.400. The number of aryl methyl sites for hydroxylation is 1. The van der Waals surface area contributed by atoms with Crippen molar-refractivity contribution in [2.75, 3.05) is 7.05 Å². The van der Waals surface area contributed by atoms with Gasteiger partial charge in [-0.05, 0) is 23.6 Å². The maximum atomic E-state index is 13.4. The molecule has 20 heavy (non-hydrogen) atoms. The van der Waals surface area contributed by atoms with Gasteiger partial charge in [0.15, 0.2) is 0 Å². The highest BCUT2D eigenvalue weighted by Gasteiger charge is 2.26. The fourth-order valence-electron chi connectivity index (χ4n) is 2.11. The molecule has 1 aliphatic rings. The number of rotatable bonds is 4. The van der Waals surface area contributed by atoms with E-state index >= 15 is 0 Å². The van der Waals surface area contributed by atoms with E-state index in [0.717, 1.165) is 16.8 Å². The van der Waals surface area contributed by atoms with Crippen molar-refractivity contribution in [2.24, 2.45) is 5.10 Å². The lowest BCUT2D eigenvalue weighted by molar-refractivity contribution is 0.396. The Labute approximate surface area is 124 Å². The van der Waals surface area contributed by atoms with Crippen molar-refractivity contribution in [1.82, 2.24) is 10.3 Å². The second-order valence-corrected chi connectivity index (χ2v) is 5.34. The molecule has 1 aromatic rings. The quantitative estimate of drug-likeness (QED) is 0.865. The first kappa shape index (κ1) is 15.0. The Morgan fingerprint density at radius 2 is 2.25 bits per heavy atom. The van der Waals surface area contributed by atoms with Crippen LogP contribution < -0.4 is 5.32 Å². The molecule has 1 heterocycles. The molecule has 5 heteroatoms. The van der Waals surface area contributed by atoms with Crippen LogP contribution in [0.15, 0.2) is 35.6 Å². The van der Waals surface area contributed by atoms with Crippen LogP contribution in [-0.4, -0.2) is 29.7 Å². The third kappa shape index (κ3) is 3.19. The van der Waals surface area contributed by atoms with Gasteiger partial charge in [0.05, 0.1) is 11.4 Å². The molecule has 0 amide bonds. The lowest BCUT2D eigenvalue weighted by Gasteiger charge is -2.30. The molecule has 2 rings (SSSR count). The summed E-state index contributed by atoms with van der Waals surface area (Å²) in [4.78, 5) is 0. The molecule has 0 aromatic heterocycles. The van der Waals surface area contributed by atoms with E-state index in [4.69, 9.17) is 11.6 Å². The van der Waals surface area contributed by atoms with E-state index in [1.807, 2.05) is 20.0 Å². The number of halogens is 2. The Bertz CT molecular complexity index is 530. The largest absolute Gasteiger partial charge is 0.303 e. The average Bonchev–Trinajstić information content (AvgIpc) is 2.45. The zero-order valence-corrected chi connectivity index (χ0v) is 12.5. The summed E-state index contributed by atoms with van der Waals surface area (Å²) in [6.45, 7) is 6.47. The van der Waals surface area contributed by atoms with Gasteiger partial charge in [-0.15, -0.1) is 11.6 Å². The average molecular weight is 296 g/mol. The molecule has 1 N–H and O–H groups in total. The van der Waals surface area contributed by atoms with Gasteiger partial charge in [0.1, 0.15) is 5.82 Å². The van der Waals surface area contributed by atoms with Crippen LogP contribution in [0.2, 0.25) is 0 Å². The van der Waals surface area contributed by atoms with Gasteiger partial charge >= 0.3 is 0 Å². The second-order valence-electron chi connectivity index (χ2n) is 4.87. The van der Waals surface area contributed by atoms with Crippen LogP contribution in [0.4, 0.5) is 4.39 Å². The van der Waals surface area contributed by atoms with Gasteiger partial charge in [0, 0.05) is 25.5 Å². The van der Waals surface area contributed by atoms with Gasteiger partial charge in [0.2, 0.25) is 0 Å². The van der Waals surface area contributed by atoms with Crippen LogP contribution in [0.25, 0.3) is 0 Å². The molecule has 0 aliphatic carbocycles. The lowest BCUT2D eigenvalue weighted by atomic mass is 10.1. The highest BCUT2D eigenvalue weighted by molar-refractivity contribution is 6.24. The van der Waals surface area contributed by atoms with Crippen LogP contribution in [0, 0.1) is 5.82 Å². The molecule has 0 bridgehead atoms. The van der Waals surface area contributed by atoms with E-state index in [9.17, 15) is 4.39 Å². The van der Waals surface area contributed by atoms with Gasteiger partial charge < -0.3 is 5.32 Å². The molecule has 0 saturated heterocycles. The van der Waals surface area contributed by atoms with E-state index in [1.54, 1.807) is 17.3 Å². The Morgan fingerprint density at radius 3 is 2.95 bits per heavy atom. The normalized spacial score (nSPS) is 22.4. The summed E-state index contributed by atoms with van der Waals surface area (Å²) in [6, 6.07) is 5.10. The van der Waals surface area contributed by atoms with Gasteiger partial charge in [0.25, 0.3) is 0 Å². The van der Waals surface area contributed by atoms with Crippen LogP contribution in [-0.2, 0) is 13.0 Å². The molecule has 1 aliphatic heterocycles. The first-order valence-corrected chi connectivity index (χ1v) is 7.08. The molecule has 2 unspecified atom stereocenters. The van der Waals surface area contributed by atoms with Crippen LogP contribution in [0.1, 0.15) is 18.1 Å². The summed E-state index contributed by atoms with van der Waals surface area (Å²) >= 11 is 6.32. The van der Waals surface area contributed by atoms with Crippen molar-refractivity contribution in [3.05, 3.63) is 47.4 Å². The topological polar surface area (TPSA) is 27.6 Å². The summed E-state index contributed by atoms with van der Waals surface area (Å²) in [6.07, 6.45) is 2.46. The minimum absolute atomic E-state index is 0.0736. The van der Waals surface area contributed by atoms with E-state index < -0.39 is 0 Å². The zero-order valence-electron chi connectivity index (χ0n) is 11.7. The first-order valence-electron chi connectivity index (χ1n) is 6.64. The number of hydrogen-bond donors (Lipinski definition) is 1. The maximum absolute atomic E-state index is 13.4. The minimum atomic E-state index is -0.233. The van der Waals surface area contributed by atoms with E-state index in [0.29, 0.717) is 13.0 Å². The van der Waals surface area contributed by atoms with E-state index in [2.05, 4.69) is 17.0 Å². The van der Waals surface area contributed by atoms with E-state index in [-0.39, 0.29) is 17.2 Å². The van der Waals surface area contributed by atoms with Crippen LogP contribution >= 0.6 is 11.6 Å². The molecule has 0 saturated carbocycles. The summed E-state index contributed by atoms with van der Waals surface area (Å²) in [5.74, 6) is -0.152. The number of nitrogens with one attached hydrogen (secondary N) is 1. The van der Waals surface area contributed by atoms with Crippen molar-refractivity contribution in [3.63, 3.8) is 0 Å². The molecule has 2 atom stereocenters. The molecule has 0 fully saturated rings. The maximum Gasteiger partial charge on any atom is 0.126 e. The fourth-order valence-corrected chi connectivity index (χ4v) is 2.40. The van der Waals surface area contributed by atoms with Gasteiger partial charge in [-0.1, -0.05) is 25.6 Å². The number of alkyl halides is 1. The lowest BCUT2D eigenvalue weighted by Crippen LogP contribution is -2.44. The Morgan fingerprint density at radius 1 is 1.50 bits per heavy atom. The monoisotopic (exact) mass is 295 g/mol. The standard InChI is InChI=1S/C15H19ClFN3/c1-4-12-7-11(5-6-13(12)17)8-18-14-9-19-20(3)10(2)15(14)16/h5-7,9,14-15,18H,2,4,8H2,1,3H3. The SMILES string of the molecule is C=C1C(Cl)C(NCc2ccc(F)c(CC)c2)C=NN1C. The highest BCUT2D eigenvalue weighted by Crippen LogP contribution is 2.20. The highest BCUT2D eigenvalue weighted by atomic mass is 35.5. The van der Waals surface area contributed by atoms with Crippen LogP contribution in [0.3, 0.4) is 0 Å². The van der Waals surface area contributed by atoms with Crippen molar-refractivity contribution in [3.8, 4) is 0 Å². The summed E-state index contributed by atoms with van der Waals surface area (Å²) in [5, 5.41) is 8.96. The third-order valence-electron chi connectivity index (χ3n) is 3.48. The van der Waals surface area contributed by atoms with Crippen molar-refractivity contribution in [2.45, 2.75) is 31.3 Å². The van der Waals surface area contributed by atoms with Crippen molar-refractivity contribution >= 4 is 17.8 Å². The number of benzene rings is 1. The Hall–Kier alpha value is -1.39. The number of hydrogen-bond acceptors (Lipinski definition) is 3. The molecule has 0 spiro atoms. The predicted molar refractivity (Wildman–Crippen MR) is 81.4 cm³/mol. The number of nitrogens with zero attached hydrogens (tertiary/aromatic N) is 2.